The summed E-state index contributed by atoms with van der Waals surface area (Å²) in [5.41, 5.74) is 1.32. The molecule has 0 amide bonds. The number of ether oxygens (including phenoxy) is 1. The number of hydrogen-bond acceptors (Lipinski definition) is 5. The topological polar surface area (TPSA) is 74.6 Å². The highest BCUT2D eigenvalue weighted by molar-refractivity contribution is 7.64. The van der Waals surface area contributed by atoms with Crippen LogP contribution in [0.1, 0.15) is 31.1 Å². The largest absolute Gasteiger partial charge is 0.462 e. The number of rotatable bonds is 6. The molecule has 6 nitrogen and oxygen atoms in total. The Morgan fingerprint density at radius 1 is 1.20 bits per heavy atom. The van der Waals surface area contributed by atoms with Crippen molar-refractivity contribution in [3.63, 3.8) is 0 Å². The van der Waals surface area contributed by atoms with Crippen molar-refractivity contribution in [3.8, 4) is 0 Å². The van der Waals surface area contributed by atoms with Gasteiger partial charge in [-0.15, -0.1) is 0 Å². The van der Waals surface area contributed by atoms with Crippen molar-refractivity contribution in [2.75, 3.05) is 19.9 Å². The highest BCUT2D eigenvalue weighted by atomic mass is 31.2. The average Bonchev–Trinajstić information content (AvgIpc) is 2.91. The molecule has 0 spiro atoms. The maximum atomic E-state index is 12.8. The minimum Gasteiger partial charge on any atom is -0.462 e. The summed E-state index contributed by atoms with van der Waals surface area (Å²) in [6.07, 6.45) is 3.12. The van der Waals surface area contributed by atoms with E-state index in [4.69, 9.17) is 9.26 Å². The first-order valence-corrected chi connectivity index (χ1v) is 10.1. The van der Waals surface area contributed by atoms with Gasteiger partial charge < -0.3 is 9.26 Å². The Hall–Kier alpha value is -2.17. The van der Waals surface area contributed by atoms with E-state index in [1.807, 2.05) is 24.3 Å². The Balaban J connectivity index is 2.68. The summed E-state index contributed by atoms with van der Waals surface area (Å²) in [6.45, 7) is 6.61. The van der Waals surface area contributed by atoms with Gasteiger partial charge in [-0.1, -0.05) is 18.2 Å². The molecule has 0 saturated carbocycles. The highest BCUT2D eigenvalue weighted by Gasteiger charge is 2.30. The SMILES string of the molecule is CCOC(=O)/C(=C\c1cn(C(C)=O)c2ccccc12)P(C)(=O)OCC. The molecule has 2 rings (SSSR count). The maximum absolute atomic E-state index is 12.8. The molecule has 0 aliphatic carbocycles. The van der Waals surface area contributed by atoms with Crippen molar-refractivity contribution in [1.82, 2.24) is 4.57 Å². The standard InChI is InChI=1S/C18H22NO5P/c1-5-23-18(21)17(25(4,22)24-6-2)11-14-12-19(13(3)20)16-10-8-7-9-15(14)16/h7-12H,5-6H2,1-4H3/b17-11+. The van der Waals surface area contributed by atoms with Crippen molar-refractivity contribution < 1.29 is 23.4 Å². The number of benzene rings is 1. The van der Waals surface area contributed by atoms with Crippen LogP contribution in [0, 0.1) is 0 Å². The number of para-hydroxylation sites is 1. The Morgan fingerprint density at radius 3 is 2.48 bits per heavy atom. The van der Waals surface area contributed by atoms with E-state index in [0.717, 1.165) is 5.39 Å². The van der Waals surface area contributed by atoms with E-state index >= 15 is 0 Å². The van der Waals surface area contributed by atoms with Crippen LogP contribution >= 0.6 is 7.37 Å². The second-order valence-corrected chi connectivity index (χ2v) is 7.94. The minimum absolute atomic E-state index is 0.0253. The molecule has 2 aromatic rings. The maximum Gasteiger partial charge on any atom is 0.344 e. The number of hydrogen-bond donors (Lipinski definition) is 0. The van der Waals surface area contributed by atoms with Gasteiger partial charge in [-0.2, -0.15) is 0 Å². The van der Waals surface area contributed by atoms with Crippen LogP contribution in [0.25, 0.3) is 17.0 Å². The molecule has 0 fully saturated rings. The molecule has 7 heteroatoms. The van der Waals surface area contributed by atoms with Crippen molar-refractivity contribution in [2.24, 2.45) is 0 Å². The Kier molecular flexibility index (Phi) is 5.98. The van der Waals surface area contributed by atoms with Gasteiger partial charge in [-0.05, 0) is 26.0 Å². The van der Waals surface area contributed by atoms with Gasteiger partial charge in [0.25, 0.3) is 0 Å². The molecule has 0 radical (unpaired) electrons. The van der Waals surface area contributed by atoms with Gasteiger partial charge in [0.05, 0.1) is 18.7 Å². The van der Waals surface area contributed by atoms with E-state index < -0.39 is 13.3 Å². The van der Waals surface area contributed by atoms with Crippen molar-refractivity contribution in [1.29, 1.82) is 0 Å². The molecular weight excluding hydrogens is 341 g/mol. The number of esters is 1. The van der Waals surface area contributed by atoms with Crippen molar-refractivity contribution in [2.45, 2.75) is 20.8 Å². The van der Waals surface area contributed by atoms with Crippen LogP contribution in [-0.4, -0.2) is 36.3 Å². The molecule has 134 valence electrons. The highest BCUT2D eigenvalue weighted by Crippen LogP contribution is 2.52. The summed E-state index contributed by atoms with van der Waals surface area (Å²) in [5, 5.41) is 0.749. The fraction of sp³-hybridized carbons (Fsp3) is 0.333. The van der Waals surface area contributed by atoms with E-state index in [2.05, 4.69) is 0 Å². The lowest BCUT2D eigenvalue weighted by atomic mass is 10.1. The predicted molar refractivity (Wildman–Crippen MR) is 98.0 cm³/mol. The summed E-state index contributed by atoms with van der Waals surface area (Å²) in [7, 11) is -3.35. The van der Waals surface area contributed by atoms with E-state index in [9.17, 15) is 14.2 Å². The molecule has 25 heavy (non-hydrogen) atoms. The first kappa shape index (κ1) is 19.2. The number of aromatic nitrogens is 1. The molecule has 1 heterocycles. The van der Waals surface area contributed by atoms with Crippen LogP contribution in [-0.2, 0) is 18.6 Å². The quantitative estimate of drug-likeness (QED) is 0.438. The molecule has 1 aromatic carbocycles. The smallest absolute Gasteiger partial charge is 0.344 e. The zero-order valence-electron chi connectivity index (χ0n) is 14.8. The summed E-state index contributed by atoms with van der Waals surface area (Å²) < 4.78 is 24.7. The van der Waals surface area contributed by atoms with Crippen LogP contribution in [0.2, 0.25) is 0 Å². The van der Waals surface area contributed by atoms with Gasteiger partial charge in [-0.25, -0.2) is 4.79 Å². The summed E-state index contributed by atoms with van der Waals surface area (Å²) >= 11 is 0. The lowest BCUT2D eigenvalue weighted by Gasteiger charge is -2.15. The third-order valence-corrected chi connectivity index (χ3v) is 5.61. The molecule has 1 atom stereocenters. The second-order valence-electron chi connectivity index (χ2n) is 5.50. The number of carbonyl (C=O) groups excluding carboxylic acids is 2. The second kappa shape index (κ2) is 7.81. The molecule has 0 aliphatic rings. The predicted octanol–water partition coefficient (Wildman–Crippen LogP) is 4.15. The van der Waals surface area contributed by atoms with E-state index in [0.29, 0.717) is 11.1 Å². The average molecular weight is 363 g/mol. The van der Waals surface area contributed by atoms with Crippen LogP contribution in [0.3, 0.4) is 0 Å². The molecule has 0 N–H and O–H groups in total. The zero-order chi connectivity index (χ0) is 18.6. The first-order chi connectivity index (χ1) is 11.8. The number of fused-ring (bicyclic) bond motifs is 1. The third kappa shape index (κ3) is 4.09. The van der Waals surface area contributed by atoms with Gasteiger partial charge in [0.1, 0.15) is 5.31 Å². The fourth-order valence-electron chi connectivity index (χ4n) is 2.59. The Morgan fingerprint density at radius 2 is 1.88 bits per heavy atom. The van der Waals surface area contributed by atoms with Crippen molar-refractivity contribution in [3.05, 3.63) is 41.3 Å². The van der Waals surface area contributed by atoms with Gasteiger partial charge in [0.2, 0.25) is 13.3 Å². The normalized spacial score (nSPS) is 14.3. The van der Waals surface area contributed by atoms with Crippen LogP contribution in [0.5, 0.6) is 0 Å². The van der Waals surface area contributed by atoms with Gasteiger partial charge in [-0.3, -0.25) is 13.9 Å². The minimum atomic E-state index is -3.35. The summed E-state index contributed by atoms with van der Waals surface area (Å²) in [6, 6.07) is 7.31. The number of carbonyl (C=O) groups is 2. The fourth-order valence-corrected chi connectivity index (χ4v) is 3.99. The molecule has 1 unspecified atom stereocenters. The van der Waals surface area contributed by atoms with Crippen molar-refractivity contribution >= 4 is 36.2 Å². The summed E-state index contributed by atoms with van der Waals surface area (Å²) in [4.78, 5) is 24.2. The lowest BCUT2D eigenvalue weighted by molar-refractivity contribution is -0.137. The molecule has 0 saturated heterocycles. The lowest BCUT2D eigenvalue weighted by Crippen LogP contribution is -2.09. The molecular formula is C18H22NO5P. The third-order valence-electron chi connectivity index (χ3n) is 3.67. The molecule has 0 aliphatic heterocycles. The Labute approximate surface area is 146 Å². The zero-order valence-corrected chi connectivity index (χ0v) is 15.7. The Bertz CT molecular complexity index is 881. The van der Waals surface area contributed by atoms with Crippen LogP contribution in [0.4, 0.5) is 0 Å². The van der Waals surface area contributed by atoms with E-state index in [1.54, 1.807) is 20.0 Å². The summed E-state index contributed by atoms with van der Waals surface area (Å²) in [5.74, 6) is -0.834. The van der Waals surface area contributed by atoms with E-state index in [1.165, 1.54) is 24.2 Å². The van der Waals surface area contributed by atoms with Crippen LogP contribution in [0.15, 0.2) is 35.8 Å². The van der Waals surface area contributed by atoms with Crippen LogP contribution < -0.4 is 0 Å². The first-order valence-electron chi connectivity index (χ1n) is 8.04. The van der Waals surface area contributed by atoms with E-state index in [-0.39, 0.29) is 24.4 Å². The number of nitrogens with zero attached hydrogens (tertiary/aromatic N) is 1. The molecule has 1 aromatic heterocycles. The van der Waals surface area contributed by atoms with Gasteiger partial charge >= 0.3 is 5.97 Å². The monoisotopic (exact) mass is 363 g/mol. The molecule has 0 bridgehead atoms. The van der Waals surface area contributed by atoms with Gasteiger partial charge in [0.15, 0.2) is 0 Å². The van der Waals surface area contributed by atoms with Gasteiger partial charge in [0, 0.05) is 30.7 Å².